The van der Waals surface area contributed by atoms with Crippen molar-refractivity contribution in [3.05, 3.63) is 64.3 Å². The number of carbonyl (C=O) groups excluding carboxylic acids is 1. The molecule has 0 saturated carbocycles. The van der Waals surface area contributed by atoms with Crippen LogP contribution < -0.4 is 15.4 Å². The van der Waals surface area contributed by atoms with E-state index >= 15 is 0 Å². The van der Waals surface area contributed by atoms with E-state index in [9.17, 15) is 9.59 Å². The molecule has 1 aromatic heterocycles. The molecule has 9 heteroatoms. The van der Waals surface area contributed by atoms with Gasteiger partial charge in [-0.05, 0) is 55.3 Å². The summed E-state index contributed by atoms with van der Waals surface area (Å²) in [6.45, 7) is 6.46. The standard InChI is InChI=1S/C24H26ClN3O4S/c1-14(2)32-20-9-6-17(10-19(20)25)21-13-27-23(33-21)22(29)28-18-7-4-16(5-8-18)12-26-11-15(3)24(30)31/h4-10,13-15,26H,11-12H2,1-3H3,(H,28,29)(H,30,31). The van der Waals surface area contributed by atoms with Crippen LogP contribution in [0.4, 0.5) is 5.69 Å². The van der Waals surface area contributed by atoms with E-state index in [-0.39, 0.29) is 12.0 Å². The molecule has 7 nitrogen and oxygen atoms in total. The first-order valence-electron chi connectivity index (χ1n) is 10.5. The number of halogens is 1. The van der Waals surface area contributed by atoms with Gasteiger partial charge in [0.15, 0.2) is 5.01 Å². The Hall–Kier alpha value is -2.94. The summed E-state index contributed by atoms with van der Waals surface area (Å²) in [4.78, 5) is 28.6. The number of aliphatic carboxylic acids is 1. The Balaban J connectivity index is 1.58. The average molecular weight is 488 g/mol. The number of hydrogen-bond donors (Lipinski definition) is 3. The Bertz CT molecular complexity index is 1120. The van der Waals surface area contributed by atoms with Crippen LogP contribution in [0.15, 0.2) is 48.7 Å². The second-order valence-corrected chi connectivity index (χ2v) is 9.30. The highest BCUT2D eigenvalue weighted by atomic mass is 35.5. The minimum absolute atomic E-state index is 0.0259. The number of carboxylic acid groups (broad SMARTS) is 1. The van der Waals surface area contributed by atoms with E-state index < -0.39 is 11.9 Å². The monoisotopic (exact) mass is 487 g/mol. The number of hydrogen-bond acceptors (Lipinski definition) is 6. The molecular weight excluding hydrogens is 462 g/mol. The molecule has 174 valence electrons. The number of thiazole rings is 1. The zero-order valence-corrected chi connectivity index (χ0v) is 20.2. The summed E-state index contributed by atoms with van der Waals surface area (Å²) in [5.41, 5.74) is 2.50. The molecule has 0 spiro atoms. The predicted octanol–water partition coefficient (Wildman–Crippen LogP) is 5.31. The van der Waals surface area contributed by atoms with E-state index in [0.717, 1.165) is 16.0 Å². The summed E-state index contributed by atoms with van der Waals surface area (Å²) in [5, 5.41) is 15.7. The molecule has 2 aromatic carbocycles. The van der Waals surface area contributed by atoms with Crippen molar-refractivity contribution in [1.82, 2.24) is 10.3 Å². The van der Waals surface area contributed by atoms with Crippen LogP contribution >= 0.6 is 22.9 Å². The van der Waals surface area contributed by atoms with E-state index in [1.54, 1.807) is 31.3 Å². The summed E-state index contributed by atoms with van der Waals surface area (Å²) < 4.78 is 5.66. The molecule has 0 aliphatic rings. The minimum atomic E-state index is -0.828. The van der Waals surface area contributed by atoms with Gasteiger partial charge in [-0.2, -0.15) is 0 Å². The third-order valence-electron chi connectivity index (χ3n) is 4.69. The highest BCUT2D eigenvalue weighted by Crippen LogP contribution is 2.33. The second-order valence-electron chi connectivity index (χ2n) is 7.86. The first-order chi connectivity index (χ1) is 15.7. The molecule has 0 saturated heterocycles. The summed E-state index contributed by atoms with van der Waals surface area (Å²) in [7, 11) is 0. The van der Waals surface area contributed by atoms with Gasteiger partial charge in [0.25, 0.3) is 5.91 Å². The van der Waals surface area contributed by atoms with Crippen molar-refractivity contribution in [1.29, 1.82) is 0 Å². The van der Waals surface area contributed by atoms with Crippen molar-refractivity contribution in [2.45, 2.75) is 33.4 Å². The number of rotatable bonds is 10. The van der Waals surface area contributed by atoms with Crippen LogP contribution in [-0.2, 0) is 11.3 Å². The third-order valence-corrected chi connectivity index (χ3v) is 6.03. The molecule has 33 heavy (non-hydrogen) atoms. The fraction of sp³-hybridized carbons (Fsp3) is 0.292. The van der Waals surface area contributed by atoms with E-state index in [1.165, 1.54) is 11.3 Å². The highest BCUT2D eigenvalue weighted by Gasteiger charge is 2.14. The smallest absolute Gasteiger partial charge is 0.307 e. The van der Waals surface area contributed by atoms with Gasteiger partial charge >= 0.3 is 5.97 Å². The van der Waals surface area contributed by atoms with Crippen LogP contribution in [0.2, 0.25) is 5.02 Å². The van der Waals surface area contributed by atoms with E-state index in [1.807, 2.05) is 38.1 Å². The zero-order chi connectivity index (χ0) is 24.0. The number of ether oxygens (including phenoxy) is 1. The van der Waals surface area contributed by atoms with Crippen LogP contribution in [-0.4, -0.2) is 34.6 Å². The molecule has 3 aromatic rings. The Morgan fingerprint density at radius 2 is 1.88 bits per heavy atom. The summed E-state index contributed by atoms with van der Waals surface area (Å²) in [5.74, 6) is -0.952. The van der Waals surface area contributed by atoms with Gasteiger partial charge < -0.3 is 20.5 Å². The number of nitrogens with zero attached hydrogens (tertiary/aromatic N) is 1. The Kier molecular flexibility index (Phi) is 8.43. The fourth-order valence-corrected chi connectivity index (χ4v) is 3.96. The predicted molar refractivity (Wildman–Crippen MR) is 131 cm³/mol. The first kappa shape index (κ1) is 24.7. The average Bonchev–Trinajstić information content (AvgIpc) is 3.26. The lowest BCUT2D eigenvalue weighted by Crippen LogP contribution is -2.25. The first-order valence-corrected chi connectivity index (χ1v) is 11.7. The lowest BCUT2D eigenvalue weighted by atomic mass is 10.1. The maximum atomic E-state index is 12.6. The van der Waals surface area contributed by atoms with Gasteiger partial charge in [-0.3, -0.25) is 9.59 Å². The lowest BCUT2D eigenvalue weighted by molar-refractivity contribution is -0.140. The molecule has 3 rings (SSSR count). The Labute approximate surface area is 201 Å². The molecule has 1 amide bonds. The van der Waals surface area contributed by atoms with E-state index in [0.29, 0.717) is 34.6 Å². The third kappa shape index (κ3) is 7.02. The highest BCUT2D eigenvalue weighted by molar-refractivity contribution is 7.17. The molecule has 0 fully saturated rings. The molecule has 1 heterocycles. The largest absolute Gasteiger partial charge is 0.489 e. The second kappa shape index (κ2) is 11.3. The number of carboxylic acids is 1. The van der Waals surface area contributed by atoms with Crippen molar-refractivity contribution in [3.63, 3.8) is 0 Å². The van der Waals surface area contributed by atoms with Crippen LogP contribution in [0.3, 0.4) is 0 Å². The molecule has 1 unspecified atom stereocenters. The Morgan fingerprint density at radius 1 is 1.15 bits per heavy atom. The van der Waals surface area contributed by atoms with Crippen LogP contribution in [0.1, 0.15) is 36.1 Å². The van der Waals surface area contributed by atoms with Gasteiger partial charge in [0.2, 0.25) is 0 Å². The number of anilines is 1. The molecule has 3 N–H and O–H groups in total. The molecular formula is C24H26ClN3O4S. The number of amides is 1. The van der Waals surface area contributed by atoms with Gasteiger partial charge in [-0.15, -0.1) is 11.3 Å². The van der Waals surface area contributed by atoms with Gasteiger partial charge in [0, 0.05) is 25.0 Å². The van der Waals surface area contributed by atoms with Crippen molar-refractivity contribution >= 4 is 40.5 Å². The van der Waals surface area contributed by atoms with Gasteiger partial charge in [0.05, 0.1) is 21.9 Å². The van der Waals surface area contributed by atoms with E-state index in [2.05, 4.69) is 15.6 Å². The van der Waals surface area contributed by atoms with Gasteiger partial charge in [0.1, 0.15) is 5.75 Å². The molecule has 0 radical (unpaired) electrons. The topological polar surface area (TPSA) is 101 Å². The summed E-state index contributed by atoms with van der Waals surface area (Å²) in [6, 6.07) is 12.9. The quantitative estimate of drug-likeness (QED) is 0.358. The number of benzene rings is 2. The SMILES string of the molecule is CC(C)Oc1ccc(-c2cnc(C(=O)Nc3ccc(CNCC(C)C(=O)O)cc3)s2)cc1Cl. The Morgan fingerprint density at radius 3 is 2.52 bits per heavy atom. The lowest BCUT2D eigenvalue weighted by Gasteiger charge is -2.11. The van der Waals surface area contributed by atoms with E-state index in [4.69, 9.17) is 21.4 Å². The van der Waals surface area contributed by atoms with Crippen LogP contribution in [0, 0.1) is 5.92 Å². The normalized spacial score (nSPS) is 11.9. The van der Waals surface area contributed by atoms with Crippen molar-refractivity contribution < 1.29 is 19.4 Å². The van der Waals surface area contributed by atoms with Gasteiger partial charge in [-0.1, -0.05) is 30.7 Å². The van der Waals surface area contributed by atoms with Crippen molar-refractivity contribution in [3.8, 4) is 16.2 Å². The number of carbonyl (C=O) groups is 2. The molecule has 0 aliphatic heterocycles. The van der Waals surface area contributed by atoms with Crippen molar-refractivity contribution in [2.75, 3.05) is 11.9 Å². The number of nitrogens with one attached hydrogen (secondary N) is 2. The van der Waals surface area contributed by atoms with Gasteiger partial charge in [-0.25, -0.2) is 4.98 Å². The summed E-state index contributed by atoms with van der Waals surface area (Å²) >= 11 is 7.60. The minimum Gasteiger partial charge on any atom is -0.489 e. The molecule has 1 atom stereocenters. The van der Waals surface area contributed by atoms with Crippen LogP contribution in [0.25, 0.3) is 10.4 Å². The molecule has 0 aliphatic carbocycles. The summed E-state index contributed by atoms with van der Waals surface area (Å²) in [6.07, 6.45) is 1.68. The number of aromatic nitrogens is 1. The van der Waals surface area contributed by atoms with Crippen LogP contribution in [0.5, 0.6) is 5.75 Å². The van der Waals surface area contributed by atoms with Crippen molar-refractivity contribution in [2.24, 2.45) is 5.92 Å². The fourth-order valence-electron chi connectivity index (χ4n) is 2.93. The zero-order valence-electron chi connectivity index (χ0n) is 18.6. The molecule has 0 bridgehead atoms. The maximum Gasteiger partial charge on any atom is 0.307 e. The maximum absolute atomic E-state index is 12.6.